The van der Waals surface area contributed by atoms with Crippen molar-refractivity contribution in [2.75, 3.05) is 13.1 Å². The number of carboxylic acid groups (broad SMARTS) is 2. The Hall–Kier alpha value is -2.56. The minimum absolute atomic E-state index is 0.0222. The van der Waals surface area contributed by atoms with Gasteiger partial charge in [-0.25, -0.2) is 0 Å². The minimum Gasteiger partial charge on any atom is -0.481 e. The number of nitrogens with zero attached hydrogens (tertiary/aromatic N) is 1. The fraction of sp³-hybridized carbons (Fsp3) is 0.625. The summed E-state index contributed by atoms with van der Waals surface area (Å²) in [6.07, 6.45) is 5.68. The molecule has 0 aromatic carbocycles. The zero-order chi connectivity index (χ0) is 18.2. The van der Waals surface area contributed by atoms with Crippen LogP contribution < -0.4 is 10.6 Å². The Morgan fingerprint density at radius 3 is 1.92 bits per heavy atom. The molecule has 0 atom stereocenters. The number of aliphatic carboxylic acids is 2. The van der Waals surface area contributed by atoms with Gasteiger partial charge in [-0.2, -0.15) is 5.26 Å². The van der Waals surface area contributed by atoms with E-state index in [0.717, 1.165) is 12.8 Å². The Kier molecular flexibility index (Phi) is 12.6. The zero-order valence-electron chi connectivity index (χ0n) is 13.7. The molecule has 0 aromatic rings. The van der Waals surface area contributed by atoms with E-state index in [0.29, 0.717) is 38.8 Å². The van der Waals surface area contributed by atoms with Crippen molar-refractivity contribution in [3.8, 4) is 6.07 Å². The van der Waals surface area contributed by atoms with Crippen LogP contribution in [-0.2, 0) is 14.4 Å². The number of hydrogen-bond donors (Lipinski definition) is 4. The predicted molar refractivity (Wildman–Crippen MR) is 86.9 cm³/mol. The van der Waals surface area contributed by atoms with Crippen molar-refractivity contribution in [2.45, 2.75) is 51.4 Å². The van der Waals surface area contributed by atoms with E-state index in [2.05, 4.69) is 10.6 Å². The fourth-order valence-corrected chi connectivity index (χ4v) is 1.88. The van der Waals surface area contributed by atoms with Gasteiger partial charge in [0.1, 0.15) is 11.6 Å². The molecule has 134 valence electrons. The van der Waals surface area contributed by atoms with Gasteiger partial charge in [0.25, 0.3) is 5.91 Å². The first-order chi connectivity index (χ1) is 11.5. The van der Waals surface area contributed by atoms with Gasteiger partial charge in [-0.05, 0) is 25.7 Å². The Balaban J connectivity index is 3.81. The van der Waals surface area contributed by atoms with E-state index in [1.54, 1.807) is 0 Å². The molecule has 0 saturated carbocycles. The smallest absolute Gasteiger partial charge is 0.303 e. The summed E-state index contributed by atoms with van der Waals surface area (Å²) in [6.45, 7) is 0.958. The van der Waals surface area contributed by atoms with Gasteiger partial charge < -0.3 is 20.8 Å². The molecule has 8 nitrogen and oxygen atoms in total. The Morgan fingerprint density at radius 1 is 0.875 bits per heavy atom. The number of carbonyl (C=O) groups excluding carboxylic acids is 1. The molecule has 0 spiro atoms. The van der Waals surface area contributed by atoms with Gasteiger partial charge in [0.15, 0.2) is 0 Å². The Bertz CT molecular complexity index is 483. The molecule has 8 heteroatoms. The highest BCUT2D eigenvalue weighted by molar-refractivity contribution is 5.97. The number of carboxylic acids is 2. The van der Waals surface area contributed by atoms with Crippen LogP contribution >= 0.6 is 0 Å². The van der Waals surface area contributed by atoms with E-state index in [4.69, 9.17) is 15.5 Å². The van der Waals surface area contributed by atoms with Crippen molar-refractivity contribution in [3.63, 3.8) is 0 Å². The molecule has 0 bridgehead atoms. The summed E-state index contributed by atoms with van der Waals surface area (Å²) < 4.78 is 0. The molecule has 0 radical (unpaired) electrons. The number of carbonyl (C=O) groups is 3. The zero-order valence-corrected chi connectivity index (χ0v) is 13.7. The molecule has 0 unspecified atom stereocenters. The van der Waals surface area contributed by atoms with Crippen LogP contribution in [-0.4, -0.2) is 41.1 Å². The maximum Gasteiger partial charge on any atom is 0.303 e. The summed E-state index contributed by atoms with van der Waals surface area (Å²) in [5.41, 5.74) is -0.0222. The van der Waals surface area contributed by atoms with Gasteiger partial charge in [0, 0.05) is 32.1 Å². The van der Waals surface area contributed by atoms with Crippen LogP contribution in [0.15, 0.2) is 11.8 Å². The lowest BCUT2D eigenvalue weighted by molar-refractivity contribution is -0.138. The maximum absolute atomic E-state index is 11.8. The van der Waals surface area contributed by atoms with Crippen molar-refractivity contribution in [3.05, 3.63) is 11.8 Å². The molecule has 0 aliphatic heterocycles. The lowest BCUT2D eigenvalue weighted by Gasteiger charge is -2.05. The highest BCUT2D eigenvalue weighted by Gasteiger charge is 2.07. The molecule has 0 aromatic heterocycles. The minimum atomic E-state index is -0.831. The summed E-state index contributed by atoms with van der Waals surface area (Å²) in [4.78, 5) is 32.4. The number of unbranched alkanes of at least 4 members (excludes halogenated alkanes) is 4. The summed E-state index contributed by atoms with van der Waals surface area (Å²) in [7, 11) is 0. The SMILES string of the molecule is N#C/C(=C/NCCCCCC(=O)O)C(=O)NCCCCCC(=O)O. The van der Waals surface area contributed by atoms with E-state index in [1.807, 2.05) is 6.07 Å². The number of amides is 1. The molecule has 0 fully saturated rings. The number of rotatable bonds is 14. The van der Waals surface area contributed by atoms with Gasteiger partial charge in [0.2, 0.25) is 0 Å². The van der Waals surface area contributed by atoms with Crippen LogP contribution in [0.3, 0.4) is 0 Å². The number of nitriles is 1. The van der Waals surface area contributed by atoms with Crippen LogP contribution in [0.25, 0.3) is 0 Å². The molecular formula is C16H25N3O5. The summed E-state index contributed by atoms with van der Waals surface area (Å²) in [6, 6.07) is 1.82. The summed E-state index contributed by atoms with van der Waals surface area (Å²) in [5.74, 6) is -2.11. The fourth-order valence-electron chi connectivity index (χ4n) is 1.88. The van der Waals surface area contributed by atoms with Gasteiger partial charge in [-0.1, -0.05) is 12.8 Å². The molecule has 0 aliphatic rings. The topological polar surface area (TPSA) is 140 Å². The van der Waals surface area contributed by atoms with Gasteiger partial charge in [-0.3, -0.25) is 14.4 Å². The molecule has 1 amide bonds. The van der Waals surface area contributed by atoms with E-state index in [-0.39, 0.29) is 18.4 Å². The van der Waals surface area contributed by atoms with Gasteiger partial charge in [-0.15, -0.1) is 0 Å². The average molecular weight is 339 g/mol. The highest BCUT2D eigenvalue weighted by Crippen LogP contribution is 2.00. The third-order valence-electron chi connectivity index (χ3n) is 3.18. The normalized spacial score (nSPS) is 10.7. The first-order valence-corrected chi connectivity index (χ1v) is 8.02. The van der Waals surface area contributed by atoms with Crippen molar-refractivity contribution >= 4 is 17.8 Å². The van der Waals surface area contributed by atoms with Crippen LogP contribution in [0.2, 0.25) is 0 Å². The quantitative estimate of drug-likeness (QED) is 0.213. The molecule has 0 saturated heterocycles. The van der Waals surface area contributed by atoms with Crippen LogP contribution in [0.4, 0.5) is 0 Å². The number of hydrogen-bond acceptors (Lipinski definition) is 5. The number of nitrogens with one attached hydrogen (secondary N) is 2. The Labute approximate surface area is 141 Å². The second kappa shape index (κ2) is 14.1. The monoisotopic (exact) mass is 339 g/mol. The lowest BCUT2D eigenvalue weighted by Crippen LogP contribution is -2.26. The van der Waals surface area contributed by atoms with E-state index < -0.39 is 17.8 Å². The van der Waals surface area contributed by atoms with E-state index >= 15 is 0 Å². The van der Waals surface area contributed by atoms with Crippen molar-refractivity contribution < 1.29 is 24.6 Å². The first kappa shape index (κ1) is 21.4. The lowest BCUT2D eigenvalue weighted by atomic mass is 10.2. The van der Waals surface area contributed by atoms with Crippen molar-refractivity contribution in [1.82, 2.24) is 10.6 Å². The van der Waals surface area contributed by atoms with E-state index in [9.17, 15) is 14.4 Å². The third kappa shape index (κ3) is 13.1. The van der Waals surface area contributed by atoms with E-state index in [1.165, 1.54) is 6.20 Å². The summed E-state index contributed by atoms with van der Waals surface area (Å²) in [5, 5.41) is 31.4. The molecule has 24 heavy (non-hydrogen) atoms. The molecule has 0 aliphatic carbocycles. The van der Waals surface area contributed by atoms with Gasteiger partial charge in [0.05, 0.1) is 0 Å². The average Bonchev–Trinajstić information content (AvgIpc) is 2.52. The Morgan fingerprint density at radius 2 is 1.42 bits per heavy atom. The molecule has 0 rings (SSSR count). The predicted octanol–water partition coefficient (Wildman–Crippen LogP) is 1.39. The highest BCUT2D eigenvalue weighted by atomic mass is 16.4. The maximum atomic E-state index is 11.8. The van der Waals surface area contributed by atoms with Crippen LogP contribution in [0.1, 0.15) is 51.4 Å². The second-order valence-corrected chi connectivity index (χ2v) is 5.29. The molecule has 4 N–H and O–H groups in total. The van der Waals surface area contributed by atoms with Crippen LogP contribution in [0.5, 0.6) is 0 Å². The van der Waals surface area contributed by atoms with Crippen LogP contribution in [0, 0.1) is 11.3 Å². The van der Waals surface area contributed by atoms with Crippen molar-refractivity contribution in [2.24, 2.45) is 0 Å². The molecular weight excluding hydrogens is 314 g/mol. The third-order valence-corrected chi connectivity index (χ3v) is 3.18. The van der Waals surface area contributed by atoms with Crippen molar-refractivity contribution in [1.29, 1.82) is 5.26 Å². The first-order valence-electron chi connectivity index (χ1n) is 8.02. The second-order valence-electron chi connectivity index (χ2n) is 5.29. The van der Waals surface area contributed by atoms with Gasteiger partial charge >= 0.3 is 11.9 Å². The summed E-state index contributed by atoms with van der Waals surface area (Å²) >= 11 is 0. The standard InChI is InChI=1S/C16H25N3O5/c17-11-13(12-18-9-5-1-3-7-14(20)21)16(24)19-10-6-2-4-8-15(22)23/h12,18H,1-10H2,(H,19,24)(H,20,21)(H,22,23)/b13-12-. The largest absolute Gasteiger partial charge is 0.481 e. The molecule has 0 heterocycles.